The normalized spacial score (nSPS) is 14.5. The lowest BCUT2D eigenvalue weighted by Crippen LogP contribution is -2.38. The third-order valence-electron chi connectivity index (χ3n) is 2.39. The molecule has 18 heavy (non-hydrogen) atoms. The summed E-state index contributed by atoms with van der Waals surface area (Å²) in [7, 11) is 0. The molecule has 5 nitrogen and oxygen atoms in total. The molecule has 1 saturated carbocycles. The van der Waals surface area contributed by atoms with Crippen LogP contribution < -0.4 is 10.7 Å². The highest BCUT2D eigenvalue weighted by atomic mass is 19.1. The molecule has 1 aromatic rings. The van der Waals surface area contributed by atoms with Crippen molar-refractivity contribution in [3.05, 3.63) is 35.6 Å². The molecule has 0 aliphatic heterocycles. The van der Waals surface area contributed by atoms with Gasteiger partial charge in [0.25, 0.3) is 0 Å². The van der Waals surface area contributed by atoms with E-state index >= 15 is 0 Å². The van der Waals surface area contributed by atoms with E-state index in [1.165, 1.54) is 12.1 Å². The highest BCUT2D eigenvalue weighted by molar-refractivity contribution is 6.35. The van der Waals surface area contributed by atoms with E-state index in [0.717, 1.165) is 19.1 Å². The molecule has 0 atom stereocenters. The average Bonchev–Trinajstić information content (AvgIpc) is 3.15. The van der Waals surface area contributed by atoms with E-state index in [0.29, 0.717) is 0 Å². The fourth-order valence-corrected chi connectivity index (χ4v) is 1.27. The Morgan fingerprint density at radius 2 is 2.00 bits per heavy atom. The quantitative estimate of drug-likeness (QED) is 0.466. The van der Waals surface area contributed by atoms with Gasteiger partial charge in [-0.3, -0.25) is 9.59 Å². The molecule has 0 radical (unpaired) electrons. The van der Waals surface area contributed by atoms with Crippen LogP contribution in [-0.2, 0) is 9.59 Å². The fraction of sp³-hybridized carbons (Fsp3) is 0.250. The first-order chi connectivity index (χ1) is 8.66. The Balaban J connectivity index is 1.85. The summed E-state index contributed by atoms with van der Waals surface area (Å²) in [5, 5.41) is 6.04. The van der Waals surface area contributed by atoms with Crippen LogP contribution in [0, 0.1) is 5.82 Å². The van der Waals surface area contributed by atoms with Crippen molar-refractivity contribution in [3.8, 4) is 0 Å². The van der Waals surface area contributed by atoms with Gasteiger partial charge < -0.3 is 5.32 Å². The summed E-state index contributed by atoms with van der Waals surface area (Å²) < 4.78 is 13.2. The van der Waals surface area contributed by atoms with Gasteiger partial charge in [-0.15, -0.1) is 0 Å². The van der Waals surface area contributed by atoms with E-state index in [1.807, 2.05) is 5.43 Å². The summed E-state index contributed by atoms with van der Waals surface area (Å²) in [5.74, 6) is -2.02. The molecule has 94 valence electrons. The molecule has 2 amide bonds. The number of hydrogen-bond acceptors (Lipinski definition) is 3. The number of hydrogen-bond donors (Lipinski definition) is 2. The number of nitrogens with one attached hydrogen (secondary N) is 2. The second kappa shape index (κ2) is 5.39. The Hall–Kier alpha value is -2.24. The molecule has 1 aliphatic rings. The first kappa shape index (κ1) is 12.2. The Morgan fingerprint density at radius 1 is 1.28 bits per heavy atom. The smallest absolute Gasteiger partial charge is 0.329 e. The Bertz CT molecular complexity index is 498. The van der Waals surface area contributed by atoms with Crippen LogP contribution in [0.15, 0.2) is 29.4 Å². The minimum absolute atomic E-state index is 0.110. The first-order valence-electron chi connectivity index (χ1n) is 5.55. The van der Waals surface area contributed by atoms with Crippen LogP contribution in [0.4, 0.5) is 4.39 Å². The van der Waals surface area contributed by atoms with Crippen LogP contribution in [-0.4, -0.2) is 24.1 Å². The number of rotatable bonds is 3. The van der Waals surface area contributed by atoms with Gasteiger partial charge in [0.1, 0.15) is 5.82 Å². The minimum atomic E-state index is -0.852. The highest BCUT2D eigenvalue weighted by Gasteiger charge is 2.26. The van der Waals surface area contributed by atoms with Gasteiger partial charge in [-0.25, -0.2) is 9.82 Å². The van der Waals surface area contributed by atoms with Crippen molar-refractivity contribution in [3.63, 3.8) is 0 Å². The topological polar surface area (TPSA) is 70.6 Å². The maximum absolute atomic E-state index is 13.2. The predicted octanol–water partition coefficient (Wildman–Crippen LogP) is 0.554. The van der Waals surface area contributed by atoms with E-state index in [2.05, 4.69) is 10.4 Å². The summed E-state index contributed by atoms with van der Waals surface area (Å²) in [6, 6.07) is 6.09. The lowest BCUT2D eigenvalue weighted by atomic mass is 10.2. The number of carbonyl (C=O) groups excluding carboxylic acids is 2. The predicted molar refractivity (Wildman–Crippen MR) is 63.3 cm³/mol. The third kappa shape index (κ3) is 3.38. The van der Waals surface area contributed by atoms with E-state index in [9.17, 15) is 14.0 Å². The van der Waals surface area contributed by atoms with Crippen molar-refractivity contribution < 1.29 is 14.0 Å². The van der Waals surface area contributed by atoms with Crippen LogP contribution >= 0.6 is 0 Å². The molecular weight excluding hydrogens is 237 g/mol. The number of hydrazone groups is 1. The molecule has 0 spiro atoms. The van der Waals surface area contributed by atoms with Crippen molar-refractivity contribution in [1.82, 2.24) is 10.7 Å². The number of nitrogens with zero attached hydrogens (tertiary/aromatic N) is 1. The number of benzene rings is 1. The zero-order chi connectivity index (χ0) is 13.0. The van der Waals surface area contributed by atoms with Gasteiger partial charge in [0.05, 0.1) is 6.21 Å². The average molecular weight is 249 g/mol. The fourth-order valence-electron chi connectivity index (χ4n) is 1.27. The van der Waals surface area contributed by atoms with Gasteiger partial charge in [-0.1, -0.05) is 18.2 Å². The van der Waals surface area contributed by atoms with Crippen molar-refractivity contribution >= 4 is 18.0 Å². The minimum Gasteiger partial charge on any atom is -0.345 e. The standard InChI is InChI=1S/C12H12FN3O2/c13-10-4-2-1-3-8(10)7-14-16-12(18)11(17)15-9-5-6-9/h1-4,7,9H,5-6H2,(H,15,17)(H,16,18)/b14-7-. The van der Waals surface area contributed by atoms with Crippen molar-refractivity contribution in [1.29, 1.82) is 0 Å². The molecule has 6 heteroatoms. The SMILES string of the molecule is O=C(N/N=C\c1ccccc1F)C(=O)NC1CC1. The summed E-state index contributed by atoms with van der Waals surface area (Å²) in [6.45, 7) is 0. The second-order valence-corrected chi connectivity index (χ2v) is 3.97. The molecule has 0 unspecified atom stereocenters. The van der Waals surface area contributed by atoms with E-state index in [4.69, 9.17) is 0 Å². The van der Waals surface area contributed by atoms with Crippen LogP contribution in [0.2, 0.25) is 0 Å². The zero-order valence-corrected chi connectivity index (χ0v) is 9.52. The highest BCUT2D eigenvalue weighted by Crippen LogP contribution is 2.18. The maximum atomic E-state index is 13.2. The Kier molecular flexibility index (Phi) is 3.66. The summed E-state index contributed by atoms with van der Waals surface area (Å²) in [4.78, 5) is 22.5. The van der Waals surface area contributed by atoms with Crippen LogP contribution in [0.25, 0.3) is 0 Å². The molecule has 0 saturated heterocycles. The van der Waals surface area contributed by atoms with Crippen molar-refractivity contribution in [2.45, 2.75) is 18.9 Å². The lowest BCUT2D eigenvalue weighted by molar-refractivity contribution is -0.139. The Labute approximate surface area is 103 Å². The molecular formula is C12H12FN3O2. The monoisotopic (exact) mass is 249 g/mol. The van der Waals surface area contributed by atoms with Gasteiger partial charge in [-0.05, 0) is 18.9 Å². The number of carbonyl (C=O) groups is 2. The van der Waals surface area contributed by atoms with Gasteiger partial charge in [0, 0.05) is 11.6 Å². The molecule has 1 aromatic carbocycles. The van der Waals surface area contributed by atoms with E-state index in [1.54, 1.807) is 12.1 Å². The van der Waals surface area contributed by atoms with Crippen LogP contribution in [0.1, 0.15) is 18.4 Å². The van der Waals surface area contributed by atoms with E-state index in [-0.39, 0.29) is 11.6 Å². The van der Waals surface area contributed by atoms with Crippen molar-refractivity contribution in [2.24, 2.45) is 5.10 Å². The van der Waals surface area contributed by atoms with Crippen molar-refractivity contribution in [2.75, 3.05) is 0 Å². The molecule has 0 heterocycles. The second-order valence-electron chi connectivity index (χ2n) is 3.97. The van der Waals surface area contributed by atoms with Crippen LogP contribution in [0.3, 0.4) is 0 Å². The lowest BCUT2D eigenvalue weighted by Gasteiger charge is -2.00. The number of amides is 2. The van der Waals surface area contributed by atoms with Gasteiger partial charge >= 0.3 is 11.8 Å². The Morgan fingerprint density at radius 3 is 2.67 bits per heavy atom. The zero-order valence-electron chi connectivity index (χ0n) is 9.52. The molecule has 0 bridgehead atoms. The van der Waals surface area contributed by atoms with Gasteiger partial charge in [0.15, 0.2) is 0 Å². The molecule has 1 aliphatic carbocycles. The van der Waals surface area contributed by atoms with Gasteiger partial charge in [-0.2, -0.15) is 5.10 Å². The number of halogens is 1. The molecule has 0 aromatic heterocycles. The van der Waals surface area contributed by atoms with Crippen LogP contribution in [0.5, 0.6) is 0 Å². The third-order valence-corrected chi connectivity index (χ3v) is 2.39. The molecule has 1 fully saturated rings. The largest absolute Gasteiger partial charge is 0.345 e. The summed E-state index contributed by atoms with van der Waals surface area (Å²) in [5.41, 5.74) is 2.28. The summed E-state index contributed by atoms with van der Waals surface area (Å²) >= 11 is 0. The van der Waals surface area contributed by atoms with Gasteiger partial charge in [0.2, 0.25) is 0 Å². The summed E-state index contributed by atoms with van der Waals surface area (Å²) in [6.07, 6.45) is 2.95. The first-order valence-corrected chi connectivity index (χ1v) is 5.55. The molecule has 2 N–H and O–H groups in total. The van der Waals surface area contributed by atoms with E-state index < -0.39 is 17.6 Å². The maximum Gasteiger partial charge on any atom is 0.329 e. The molecule has 2 rings (SSSR count).